The average Bonchev–Trinajstić information content (AvgIpc) is 2.98. The summed E-state index contributed by atoms with van der Waals surface area (Å²) in [5.41, 5.74) is 5.31. The molecular formula is C33H34N4O4. The number of hydrogen-bond acceptors (Lipinski definition) is 5. The van der Waals surface area contributed by atoms with Gasteiger partial charge in [0.2, 0.25) is 11.5 Å². The van der Waals surface area contributed by atoms with Gasteiger partial charge in [0.15, 0.2) is 0 Å². The summed E-state index contributed by atoms with van der Waals surface area (Å²) in [7, 11) is 1.66. The second kappa shape index (κ2) is 13.4. The summed E-state index contributed by atoms with van der Waals surface area (Å²) in [4.78, 5) is 38.6. The molecule has 0 aliphatic rings. The van der Waals surface area contributed by atoms with Crippen LogP contribution in [0.4, 0.5) is 5.69 Å². The van der Waals surface area contributed by atoms with E-state index in [1.165, 1.54) is 17.6 Å². The van der Waals surface area contributed by atoms with Crippen molar-refractivity contribution in [3.63, 3.8) is 0 Å². The molecule has 0 bridgehead atoms. The Morgan fingerprint density at radius 3 is 2.22 bits per heavy atom. The van der Waals surface area contributed by atoms with E-state index in [1.54, 1.807) is 36.3 Å². The lowest BCUT2D eigenvalue weighted by Crippen LogP contribution is -2.38. The first-order valence-electron chi connectivity index (χ1n) is 13.4. The van der Waals surface area contributed by atoms with E-state index in [2.05, 4.69) is 10.5 Å². The van der Waals surface area contributed by atoms with Gasteiger partial charge in [0.05, 0.1) is 5.71 Å². The number of aryl methyl sites for hydroxylation is 2. The van der Waals surface area contributed by atoms with Crippen molar-refractivity contribution in [2.45, 2.75) is 26.2 Å². The Morgan fingerprint density at radius 1 is 0.927 bits per heavy atom. The summed E-state index contributed by atoms with van der Waals surface area (Å²) in [6.45, 7) is 4.14. The molecule has 1 aromatic heterocycles. The van der Waals surface area contributed by atoms with Gasteiger partial charge in [-0.1, -0.05) is 59.8 Å². The number of nitrogens with zero attached hydrogens (tertiary/aromatic N) is 3. The normalized spacial score (nSPS) is 12.0. The Morgan fingerprint density at radius 2 is 1.59 bits per heavy atom. The molecule has 0 saturated heterocycles. The van der Waals surface area contributed by atoms with Crippen molar-refractivity contribution in [1.29, 1.82) is 0 Å². The maximum Gasteiger partial charge on any atom is 0.258 e. The lowest BCUT2D eigenvalue weighted by molar-refractivity contribution is -0.118. The summed E-state index contributed by atoms with van der Waals surface area (Å²) in [6, 6.07) is 28.0. The van der Waals surface area contributed by atoms with Crippen molar-refractivity contribution in [1.82, 2.24) is 9.88 Å². The zero-order valence-corrected chi connectivity index (χ0v) is 23.4. The first-order valence-corrected chi connectivity index (χ1v) is 13.4. The highest BCUT2D eigenvalue weighted by molar-refractivity contribution is 6.06. The number of nitrogens with one attached hydrogen (secondary N) is 1. The molecule has 0 radical (unpaired) electrons. The minimum atomic E-state index is -0.177. The third-order valence-corrected chi connectivity index (χ3v) is 7.08. The lowest BCUT2D eigenvalue weighted by Gasteiger charge is -2.24. The third-order valence-electron chi connectivity index (χ3n) is 7.08. The maximum atomic E-state index is 13.6. The van der Waals surface area contributed by atoms with Gasteiger partial charge in [-0.2, -0.15) is 0 Å². The van der Waals surface area contributed by atoms with Crippen LogP contribution in [0.25, 0.3) is 0 Å². The second-order valence-corrected chi connectivity index (χ2v) is 9.92. The molecular weight excluding hydrogens is 516 g/mol. The van der Waals surface area contributed by atoms with Gasteiger partial charge in [-0.3, -0.25) is 14.4 Å². The number of oxime groups is 1. The topological polar surface area (TPSA) is 104 Å². The number of amides is 2. The number of anilines is 1. The van der Waals surface area contributed by atoms with Crippen LogP contribution < -0.4 is 15.8 Å². The highest BCUT2D eigenvalue weighted by Gasteiger charge is 2.22. The molecule has 2 N–H and O–H groups in total. The van der Waals surface area contributed by atoms with Crippen LogP contribution in [0.2, 0.25) is 0 Å². The molecule has 1 atom stereocenters. The number of benzene rings is 3. The molecule has 4 aromatic rings. The molecule has 8 heteroatoms. The van der Waals surface area contributed by atoms with Crippen molar-refractivity contribution in [2.75, 3.05) is 18.0 Å². The smallest absolute Gasteiger partial charge is 0.258 e. The standard InChI is InChI=1S/C33H34N4O4/c1-23-9-7-8-12-29(23)30(21-31(35-41)27-17-18-32(39)36(3)22-27)25-13-15-26(16-14-25)33(40)37(20-19-34-24(2)38)28-10-5-4-6-11-28/h4-18,22,30,41H,19-21H2,1-3H3,(H,34,38). The fraction of sp³-hybridized carbons (Fsp3) is 0.212. The van der Waals surface area contributed by atoms with Crippen molar-refractivity contribution < 1.29 is 14.8 Å². The Balaban J connectivity index is 1.66. The van der Waals surface area contributed by atoms with Crippen LogP contribution in [-0.2, 0) is 11.8 Å². The number of aromatic nitrogens is 1. The van der Waals surface area contributed by atoms with E-state index in [-0.39, 0.29) is 23.3 Å². The molecule has 2 amide bonds. The van der Waals surface area contributed by atoms with Crippen molar-refractivity contribution >= 4 is 23.2 Å². The number of carbonyl (C=O) groups is 2. The van der Waals surface area contributed by atoms with Gasteiger partial charge in [-0.05, 0) is 53.9 Å². The zero-order chi connectivity index (χ0) is 29.4. The van der Waals surface area contributed by atoms with Gasteiger partial charge < -0.3 is 20.0 Å². The van der Waals surface area contributed by atoms with E-state index < -0.39 is 0 Å². The fourth-order valence-corrected chi connectivity index (χ4v) is 4.87. The fourth-order valence-electron chi connectivity index (χ4n) is 4.87. The van der Waals surface area contributed by atoms with Gasteiger partial charge in [0.1, 0.15) is 0 Å². The number of rotatable bonds is 10. The molecule has 0 spiro atoms. The molecule has 210 valence electrons. The van der Waals surface area contributed by atoms with Crippen molar-refractivity contribution in [2.24, 2.45) is 12.2 Å². The number of hydrogen-bond donors (Lipinski definition) is 2. The minimum absolute atomic E-state index is 0.150. The highest BCUT2D eigenvalue weighted by atomic mass is 16.4. The molecule has 0 aliphatic carbocycles. The van der Waals surface area contributed by atoms with E-state index in [9.17, 15) is 19.6 Å². The molecule has 0 fully saturated rings. The molecule has 4 rings (SSSR count). The van der Waals surface area contributed by atoms with Gasteiger partial charge in [0.25, 0.3) is 5.91 Å². The van der Waals surface area contributed by atoms with Crippen LogP contribution in [-0.4, -0.2) is 40.4 Å². The molecule has 3 aromatic carbocycles. The van der Waals surface area contributed by atoms with Crippen LogP contribution in [0.3, 0.4) is 0 Å². The van der Waals surface area contributed by atoms with Crippen LogP contribution in [0, 0.1) is 6.92 Å². The Labute approximate surface area is 239 Å². The van der Waals surface area contributed by atoms with Crippen LogP contribution in [0.5, 0.6) is 0 Å². The lowest BCUT2D eigenvalue weighted by atomic mass is 9.83. The predicted octanol–water partition coefficient (Wildman–Crippen LogP) is 4.88. The SMILES string of the molecule is CC(=O)NCCN(C(=O)c1ccc(C(CC(=NO)c2ccc(=O)n(C)c2)c2ccccc2C)cc1)c1ccccc1. The predicted molar refractivity (Wildman–Crippen MR) is 161 cm³/mol. The first-order chi connectivity index (χ1) is 19.8. The molecule has 0 saturated carbocycles. The Hall–Kier alpha value is -4.98. The Kier molecular flexibility index (Phi) is 9.47. The van der Waals surface area contributed by atoms with Gasteiger partial charge >= 0.3 is 0 Å². The maximum absolute atomic E-state index is 13.6. The number of pyridine rings is 1. The zero-order valence-electron chi connectivity index (χ0n) is 23.4. The summed E-state index contributed by atoms with van der Waals surface area (Å²) >= 11 is 0. The minimum Gasteiger partial charge on any atom is -0.411 e. The monoisotopic (exact) mass is 550 g/mol. The number of carbonyl (C=O) groups excluding carboxylic acids is 2. The van der Waals surface area contributed by atoms with Crippen molar-refractivity contribution in [3.05, 3.63) is 135 Å². The average molecular weight is 551 g/mol. The molecule has 1 heterocycles. The quantitative estimate of drug-likeness (QED) is 0.167. The summed E-state index contributed by atoms with van der Waals surface area (Å²) in [5, 5.41) is 16.3. The third kappa shape index (κ3) is 7.16. The first kappa shape index (κ1) is 29.0. The van der Waals surface area contributed by atoms with E-state index in [1.807, 2.05) is 73.7 Å². The van der Waals surface area contributed by atoms with E-state index in [0.717, 1.165) is 22.4 Å². The van der Waals surface area contributed by atoms with Gasteiger partial charge in [-0.15, -0.1) is 0 Å². The molecule has 41 heavy (non-hydrogen) atoms. The number of para-hydroxylation sites is 1. The van der Waals surface area contributed by atoms with E-state index in [4.69, 9.17) is 0 Å². The van der Waals surface area contributed by atoms with Crippen molar-refractivity contribution in [3.8, 4) is 0 Å². The molecule has 1 unspecified atom stereocenters. The summed E-state index contributed by atoms with van der Waals surface area (Å²) in [6.07, 6.45) is 2.03. The van der Waals surface area contributed by atoms with Crippen LogP contribution >= 0.6 is 0 Å². The van der Waals surface area contributed by atoms with Gasteiger partial charge in [-0.25, -0.2) is 0 Å². The second-order valence-electron chi connectivity index (χ2n) is 9.92. The Bertz CT molecular complexity index is 1590. The van der Waals surface area contributed by atoms with E-state index in [0.29, 0.717) is 36.3 Å². The van der Waals surface area contributed by atoms with Gasteiger partial charge in [0, 0.05) is 68.5 Å². The summed E-state index contributed by atoms with van der Waals surface area (Å²) < 4.78 is 1.45. The van der Waals surface area contributed by atoms with Crippen LogP contribution in [0.15, 0.2) is 107 Å². The van der Waals surface area contributed by atoms with E-state index >= 15 is 0 Å². The molecule has 8 nitrogen and oxygen atoms in total. The largest absolute Gasteiger partial charge is 0.411 e. The highest BCUT2D eigenvalue weighted by Crippen LogP contribution is 2.32. The summed E-state index contributed by atoms with van der Waals surface area (Å²) in [5.74, 6) is -0.502. The molecule has 0 aliphatic heterocycles. The van der Waals surface area contributed by atoms with Crippen LogP contribution in [0.1, 0.15) is 51.9 Å².